The Bertz CT molecular complexity index is 632. The lowest BCUT2D eigenvalue weighted by atomic mass is 10.2. The van der Waals surface area contributed by atoms with Crippen molar-refractivity contribution in [2.45, 2.75) is 17.8 Å². The maximum Gasteiger partial charge on any atom is 0.416 e. The van der Waals surface area contributed by atoms with Gasteiger partial charge in [-0.3, -0.25) is 9.59 Å². The molecule has 0 radical (unpaired) electrons. The first-order chi connectivity index (χ1) is 10.2. The van der Waals surface area contributed by atoms with Gasteiger partial charge in [0.15, 0.2) is 0 Å². The molecule has 0 unspecified atom stereocenters. The first-order valence-electron chi connectivity index (χ1n) is 6.05. The number of amides is 2. The number of halogens is 3. The number of benzene rings is 1. The maximum atomic E-state index is 12.7. The third-order valence-corrected chi connectivity index (χ3v) is 4.11. The first kappa shape index (κ1) is 16.3. The minimum absolute atomic E-state index is 0.179. The van der Waals surface area contributed by atoms with Crippen LogP contribution in [0.4, 0.5) is 18.9 Å². The molecule has 5 nitrogen and oxygen atoms in total. The van der Waals surface area contributed by atoms with Crippen LogP contribution in [0.2, 0.25) is 0 Å². The van der Waals surface area contributed by atoms with E-state index in [1.807, 2.05) is 0 Å². The van der Waals surface area contributed by atoms with Crippen molar-refractivity contribution in [3.8, 4) is 0 Å². The Morgan fingerprint density at radius 2 is 2.05 bits per heavy atom. The topological polar surface area (TPSA) is 77.5 Å². The van der Waals surface area contributed by atoms with E-state index >= 15 is 0 Å². The van der Waals surface area contributed by atoms with Crippen LogP contribution in [-0.2, 0) is 20.6 Å². The number of carbonyl (C=O) groups is 3. The molecule has 1 fully saturated rings. The lowest BCUT2D eigenvalue weighted by molar-refractivity contribution is -0.301. The second-order valence-corrected chi connectivity index (χ2v) is 5.68. The molecule has 1 aliphatic heterocycles. The average molecular weight is 332 g/mol. The molecular weight excluding hydrogens is 323 g/mol. The number of nitrogens with zero attached hydrogens (tertiary/aromatic N) is 1. The Morgan fingerprint density at radius 3 is 2.64 bits per heavy atom. The van der Waals surface area contributed by atoms with Crippen molar-refractivity contribution in [3.05, 3.63) is 29.8 Å². The van der Waals surface area contributed by atoms with Gasteiger partial charge in [-0.15, -0.1) is 11.8 Å². The van der Waals surface area contributed by atoms with E-state index in [1.54, 1.807) is 0 Å². The molecule has 1 saturated heterocycles. The van der Waals surface area contributed by atoms with Gasteiger partial charge in [-0.25, -0.2) is 4.90 Å². The Balaban J connectivity index is 2.24. The Hall–Kier alpha value is -2.03. The zero-order valence-electron chi connectivity index (χ0n) is 10.9. The number of thioether (sulfide) groups is 1. The molecule has 118 valence electrons. The molecule has 1 atom stereocenters. The third kappa shape index (κ3) is 3.41. The van der Waals surface area contributed by atoms with Crippen LogP contribution in [-0.4, -0.2) is 28.8 Å². The number of carboxylic acids is 1. The van der Waals surface area contributed by atoms with E-state index in [4.69, 9.17) is 0 Å². The SMILES string of the molecule is O=C([O-])CS[C@@H]1CC(=O)N(c2cccc(C(F)(F)F)c2)C1=O. The van der Waals surface area contributed by atoms with E-state index in [9.17, 15) is 32.7 Å². The molecule has 22 heavy (non-hydrogen) atoms. The third-order valence-electron chi connectivity index (χ3n) is 2.94. The molecule has 0 saturated carbocycles. The van der Waals surface area contributed by atoms with E-state index in [1.165, 1.54) is 6.07 Å². The number of hydrogen-bond acceptors (Lipinski definition) is 5. The van der Waals surface area contributed by atoms with E-state index < -0.39 is 40.5 Å². The van der Waals surface area contributed by atoms with Crippen molar-refractivity contribution in [2.75, 3.05) is 10.7 Å². The van der Waals surface area contributed by atoms with Crippen LogP contribution in [0.1, 0.15) is 12.0 Å². The smallest absolute Gasteiger partial charge is 0.416 e. The summed E-state index contributed by atoms with van der Waals surface area (Å²) in [6.45, 7) is 0. The zero-order valence-corrected chi connectivity index (χ0v) is 11.7. The highest BCUT2D eigenvalue weighted by molar-refractivity contribution is 8.01. The van der Waals surface area contributed by atoms with Gasteiger partial charge in [0, 0.05) is 12.2 Å². The monoisotopic (exact) mass is 332 g/mol. The molecule has 9 heteroatoms. The molecule has 0 aliphatic carbocycles. The largest absolute Gasteiger partial charge is 0.549 e. The van der Waals surface area contributed by atoms with E-state index in [2.05, 4.69) is 0 Å². The molecular formula is C13H9F3NO4S-. The fourth-order valence-corrected chi connectivity index (χ4v) is 2.84. The Labute approximate surface area is 127 Å². The van der Waals surface area contributed by atoms with Gasteiger partial charge >= 0.3 is 6.18 Å². The number of imide groups is 1. The van der Waals surface area contributed by atoms with Crippen LogP contribution in [0, 0.1) is 0 Å². The van der Waals surface area contributed by atoms with Gasteiger partial charge < -0.3 is 9.90 Å². The van der Waals surface area contributed by atoms with Crippen LogP contribution < -0.4 is 10.0 Å². The van der Waals surface area contributed by atoms with Crippen molar-refractivity contribution in [3.63, 3.8) is 0 Å². The van der Waals surface area contributed by atoms with Crippen molar-refractivity contribution in [1.82, 2.24) is 0 Å². The van der Waals surface area contributed by atoms with E-state index in [0.29, 0.717) is 22.7 Å². The molecule has 1 aromatic rings. The molecule has 0 bridgehead atoms. The van der Waals surface area contributed by atoms with E-state index in [-0.39, 0.29) is 12.1 Å². The van der Waals surface area contributed by atoms with Crippen molar-refractivity contribution in [1.29, 1.82) is 0 Å². The second-order valence-electron chi connectivity index (χ2n) is 4.49. The van der Waals surface area contributed by atoms with Crippen LogP contribution in [0.3, 0.4) is 0 Å². The number of alkyl halides is 3. The summed E-state index contributed by atoms with van der Waals surface area (Å²) in [7, 11) is 0. The summed E-state index contributed by atoms with van der Waals surface area (Å²) in [4.78, 5) is 35.0. The number of rotatable bonds is 4. The summed E-state index contributed by atoms with van der Waals surface area (Å²) >= 11 is 0.716. The molecule has 0 aromatic heterocycles. The predicted octanol–water partition coefficient (Wildman–Crippen LogP) is 0.820. The highest BCUT2D eigenvalue weighted by atomic mass is 32.2. The van der Waals surface area contributed by atoms with Crippen LogP contribution in [0.25, 0.3) is 0 Å². The Kier molecular flexibility index (Phi) is 4.45. The van der Waals surface area contributed by atoms with Gasteiger partial charge in [0.1, 0.15) is 0 Å². The fraction of sp³-hybridized carbons (Fsp3) is 0.308. The Morgan fingerprint density at radius 1 is 1.36 bits per heavy atom. The minimum Gasteiger partial charge on any atom is -0.549 e. The van der Waals surface area contributed by atoms with E-state index in [0.717, 1.165) is 12.1 Å². The number of carbonyl (C=O) groups excluding carboxylic acids is 3. The summed E-state index contributed by atoms with van der Waals surface area (Å²) in [6.07, 6.45) is -4.85. The highest BCUT2D eigenvalue weighted by Crippen LogP contribution is 2.34. The van der Waals surface area contributed by atoms with Gasteiger partial charge in [-0.2, -0.15) is 13.2 Å². The molecule has 0 spiro atoms. The van der Waals surface area contributed by atoms with Gasteiger partial charge in [0.2, 0.25) is 11.8 Å². The first-order valence-corrected chi connectivity index (χ1v) is 7.10. The molecule has 1 aliphatic rings. The van der Waals surface area contributed by atoms with Crippen LogP contribution >= 0.6 is 11.8 Å². The average Bonchev–Trinajstić information content (AvgIpc) is 2.70. The van der Waals surface area contributed by atoms with Gasteiger partial charge in [-0.05, 0) is 18.2 Å². The van der Waals surface area contributed by atoms with Gasteiger partial charge in [-0.1, -0.05) is 6.07 Å². The molecule has 1 aromatic carbocycles. The molecule has 2 rings (SSSR count). The number of carboxylic acid groups (broad SMARTS) is 1. The van der Waals surface area contributed by atoms with Gasteiger partial charge in [0.25, 0.3) is 0 Å². The zero-order chi connectivity index (χ0) is 16.5. The minimum atomic E-state index is -4.59. The standard InChI is InChI=1S/C13H10F3NO4S/c14-13(15,16)7-2-1-3-8(4-7)17-10(18)5-9(12(17)21)22-6-11(19)20/h1-4,9H,5-6H2,(H,19,20)/p-1/t9-/m1/s1. The molecule has 2 amide bonds. The summed E-state index contributed by atoms with van der Waals surface area (Å²) in [6, 6.07) is 3.86. The molecule has 0 N–H and O–H groups in total. The molecule has 1 heterocycles. The lowest BCUT2D eigenvalue weighted by Gasteiger charge is -2.16. The predicted molar refractivity (Wildman–Crippen MR) is 69.8 cm³/mol. The summed E-state index contributed by atoms with van der Waals surface area (Å²) in [5.74, 6) is -3.25. The number of aliphatic carboxylic acids is 1. The van der Waals surface area contributed by atoms with Crippen molar-refractivity contribution >= 4 is 35.2 Å². The quantitative estimate of drug-likeness (QED) is 0.763. The fourth-order valence-electron chi connectivity index (χ4n) is 2.00. The van der Waals surface area contributed by atoms with Crippen LogP contribution in [0.5, 0.6) is 0 Å². The van der Waals surface area contributed by atoms with Crippen LogP contribution in [0.15, 0.2) is 24.3 Å². The highest BCUT2D eigenvalue weighted by Gasteiger charge is 2.40. The van der Waals surface area contributed by atoms with Crippen molar-refractivity contribution in [2.24, 2.45) is 0 Å². The number of hydrogen-bond donors (Lipinski definition) is 0. The van der Waals surface area contributed by atoms with Gasteiger partial charge in [0.05, 0.1) is 22.5 Å². The normalized spacial score (nSPS) is 18.9. The number of anilines is 1. The lowest BCUT2D eigenvalue weighted by Crippen LogP contribution is -2.32. The van der Waals surface area contributed by atoms with Crippen molar-refractivity contribution < 1.29 is 32.7 Å². The maximum absolute atomic E-state index is 12.7. The second kappa shape index (κ2) is 5.99. The summed E-state index contributed by atoms with van der Waals surface area (Å²) in [5.41, 5.74) is -1.15. The summed E-state index contributed by atoms with van der Waals surface area (Å²) in [5, 5.41) is 9.45. The summed E-state index contributed by atoms with van der Waals surface area (Å²) < 4.78 is 38.0.